The summed E-state index contributed by atoms with van der Waals surface area (Å²) >= 11 is 8.86. The fourth-order valence-corrected chi connectivity index (χ4v) is 0. The molecular weight excluding hydrogens is 207 g/mol. The maximum Gasteiger partial charge on any atom is -0.0213 e. The van der Waals surface area contributed by atoms with Crippen molar-refractivity contribution in [2.45, 2.75) is 26.7 Å². The molecule has 0 aliphatic carbocycles. The lowest BCUT2D eigenvalue weighted by atomic mass is 10.6. The Kier molecular flexibility index (Phi) is 74.1. The normalized spacial score (nSPS) is 5.00. The predicted octanol–water partition coefficient (Wildman–Crippen LogP) is 3.64. The Bertz CT molecular complexity index is 49.7. The third kappa shape index (κ3) is 69.2. The molecule has 0 rings (SSSR count). The van der Waals surface area contributed by atoms with E-state index in [1.54, 1.807) is 10.7 Å². The molecule has 4 heteroatoms. The molecule has 0 aromatic rings. The molecule has 0 aromatic carbocycles. The number of thiocarbonyl (C=S) groups is 2. The molecule has 10 heavy (non-hydrogen) atoms. The van der Waals surface area contributed by atoms with Crippen LogP contribution in [0.4, 0.5) is 0 Å². The molecule has 0 atom stereocenters. The Balaban J connectivity index is -0.0000000300. The molecule has 0 saturated carbocycles. The van der Waals surface area contributed by atoms with Crippen molar-refractivity contribution in [2.75, 3.05) is 0 Å². The molecule has 0 fully saturated rings. The van der Waals surface area contributed by atoms with Crippen molar-refractivity contribution in [3.63, 3.8) is 0 Å². The van der Waals surface area contributed by atoms with E-state index < -0.39 is 0 Å². The van der Waals surface area contributed by atoms with Gasteiger partial charge in [0.1, 0.15) is 0 Å². The summed E-state index contributed by atoms with van der Waals surface area (Å²) in [5, 5.41) is 3.42. The molecule has 0 spiro atoms. The van der Waals surface area contributed by atoms with Gasteiger partial charge in [0, 0.05) is 0 Å². The first-order valence-electron chi connectivity index (χ1n) is 2.70. The second kappa shape index (κ2) is 33.1. The molecule has 0 unspecified atom stereocenters. The van der Waals surface area contributed by atoms with Crippen molar-refractivity contribution < 1.29 is 0 Å². The van der Waals surface area contributed by atoms with Gasteiger partial charge in [-0.3, -0.25) is 0 Å². The number of rotatable bonds is 2. The summed E-state index contributed by atoms with van der Waals surface area (Å²) in [6, 6.07) is 0. The lowest BCUT2D eigenvalue weighted by Crippen LogP contribution is -1.49. The van der Waals surface area contributed by atoms with Crippen molar-refractivity contribution in [1.82, 2.24) is 0 Å². The van der Waals surface area contributed by atoms with Gasteiger partial charge in [-0.05, 0) is 23.6 Å². The van der Waals surface area contributed by atoms with Crippen molar-refractivity contribution in [3.05, 3.63) is 0 Å². The smallest absolute Gasteiger partial charge is 0.0213 e. The highest BCUT2D eigenvalue weighted by atomic mass is 35.5. The maximum atomic E-state index is 4.43. The number of hydrogen-bond donors (Lipinski definition) is 0. The molecule has 0 radical (unpaired) electrons. The molecule has 0 heterocycles. The van der Waals surface area contributed by atoms with E-state index in [-0.39, 0.29) is 24.8 Å². The van der Waals surface area contributed by atoms with Crippen LogP contribution < -0.4 is 0 Å². The summed E-state index contributed by atoms with van der Waals surface area (Å²) < 4.78 is 0. The van der Waals surface area contributed by atoms with E-state index in [0.29, 0.717) is 0 Å². The first-order valence-corrected chi connectivity index (χ1v) is 3.64. The summed E-state index contributed by atoms with van der Waals surface area (Å²) in [6.45, 7) is 4.04. The largest absolute Gasteiger partial charge is 0.147 e. The summed E-state index contributed by atoms with van der Waals surface area (Å²) in [7, 11) is 0. The van der Waals surface area contributed by atoms with Gasteiger partial charge in [0.15, 0.2) is 0 Å². The summed E-state index contributed by atoms with van der Waals surface area (Å²) in [6.07, 6.45) is 2.02. The van der Waals surface area contributed by atoms with Crippen LogP contribution in [0.1, 0.15) is 26.7 Å². The SMILES string of the molecule is CCC=S.CCC=S.Cl.Cl. The number of halogens is 2. The fraction of sp³-hybridized carbons (Fsp3) is 0.667. The van der Waals surface area contributed by atoms with Crippen LogP contribution in [0.15, 0.2) is 0 Å². The van der Waals surface area contributed by atoms with Crippen LogP contribution >= 0.6 is 49.2 Å². The van der Waals surface area contributed by atoms with Crippen LogP contribution in [0.5, 0.6) is 0 Å². The highest BCUT2D eigenvalue weighted by Crippen LogP contribution is 1.59. The molecular formula is C6H14Cl2S2. The minimum Gasteiger partial charge on any atom is -0.147 e. The van der Waals surface area contributed by atoms with Crippen molar-refractivity contribution in [2.24, 2.45) is 0 Å². The quantitative estimate of drug-likeness (QED) is 0.653. The zero-order chi connectivity index (χ0) is 6.83. The van der Waals surface area contributed by atoms with E-state index >= 15 is 0 Å². The average molecular weight is 221 g/mol. The zero-order valence-corrected chi connectivity index (χ0v) is 9.47. The van der Waals surface area contributed by atoms with Gasteiger partial charge >= 0.3 is 0 Å². The third-order valence-electron chi connectivity index (χ3n) is 0.333. The Morgan fingerprint density at radius 1 is 0.900 bits per heavy atom. The minimum absolute atomic E-state index is 0. The Labute approximate surface area is 86.6 Å². The van der Waals surface area contributed by atoms with E-state index in [0.717, 1.165) is 12.8 Å². The highest BCUT2D eigenvalue weighted by Gasteiger charge is 1.48. The van der Waals surface area contributed by atoms with Gasteiger partial charge in [0.25, 0.3) is 0 Å². The standard InChI is InChI=1S/2C3H6S.2ClH/c2*1-2-3-4;;/h2*3H,2H2,1H3;2*1H. The Morgan fingerprint density at radius 2 is 1.00 bits per heavy atom. The van der Waals surface area contributed by atoms with Gasteiger partial charge < -0.3 is 0 Å². The summed E-state index contributed by atoms with van der Waals surface area (Å²) in [5.41, 5.74) is 0. The van der Waals surface area contributed by atoms with Gasteiger partial charge in [-0.15, -0.1) is 24.8 Å². The van der Waals surface area contributed by atoms with E-state index in [1.807, 2.05) is 13.8 Å². The van der Waals surface area contributed by atoms with Crippen molar-refractivity contribution in [1.29, 1.82) is 0 Å². The molecule has 0 amide bonds. The van der Waals surface area contributed by atoms with Crippen LogP contribution in [0.3, 0.4) is 0 Å². The number of hydrogen-bond acceptors (Lipinski definition) is 2. The second-order valence-corrected chi connectivity index (χ2v) is 1.82. The van der Waals surface area contributed by atoms with Crippen LogP contribution in [-0.2, 0) is 0 Å². The topological polar surface area (TPSA) is 0 Å². The van der Waals surface area contributed by atoms with Crippen LogP contribution in [-0.4, -0.2) is 10.7 Å². The van der Waals surface area contributed by atoms with E-state index in [1.165, 1.54) is 0 Å². The average Bonchev–Trinajstić information content (AvgIpc) is 1.88. The predicted molar refractivity (Wildman–Crippen MR) is 62.4 cm³/mol. The maximum absolute atomic E-state index is 4.43. The fourth-order valence-electron chi connectivity index (χ4n) is 0. The van der Waals surface area contributed by atoms with Crippen molar-refractivity contribution in [3.8, 4) is 0 Å². The first kappa shape index (κ1) is 22.4. The molecule has 64 valence electrons. The van der Waals surface area contributed by atoms with E-state index in [4.69, 9.17) is 0 Å². The highest BCUT2D eigenvalue weighted by molar-refractivity contribution is 7.79. The molecule has 0 bridgehead atoms. The second-order valence-electron chi connectivity index (χ2n) is 1.15. The summed E-state index contributed by atoms with van der Waals surface area (Å²) in [4.78, 5) is 0. The Morgan fingerprint density at radius 3 is 1.00 bits per heavy atom. The van der Waals surface area contributed by atoms with E-state index in [2.05, 4.69) is 24.4 Å². The van der Waals surface area contributed by atoms with Gasteiger partial charge in [-0.2, -0.15) is 0 Å². The lowest BCUT2D eigenvalue weighted by Gasteiger charge is -1.55. The van der Waals surface area contributed by atoms with E-state index in [9.17, 15) is 0 Å². The molecule has 0 saturated heterocycles. The van der Waals surface area contributed by atoms with Crippen LogP contribution in [0.2, 0.25) is 0 Å². The molecule has 0 aliphatic heterocycles. The van der Waals surface area contributed by atoms with Crippen LogP contribution in [0, 0.1) is 0 Å². The molecule has 0 nitrogen and oxygen atoms in total. The lowest BCUT2D eigenvalue weighted by molar-refractivity contribution is 1.35. The van der Waals surface area contributed by atoms with Gasteiger partial charge in [-0.1, -0.05) is 38.3 Å². The minimum atomic E-state index is 0. The zero-order valence-electron chi connectivity index (χ0n) is 6.20. The molecule has 0 aliphatic rings. The van der Waals surface area contributed by atoms with Crippen molar-refractivity contribution >= 4 is 60.0 Å². The monoisotopic (exact) mass is 220 g/mol. The molecule has 0 aromatic heterocycles. The van der Waals surface area contributed by atoms with Gasteiger partial charge in [0.2, 0.25) is 0 Å². The van der Waals surface area contributed by atoms with Gasteiger partial charge in [0.05, 0.1) is 0 Å². The summed E-state index contributed by atoms with van der Waals surface area (Å²) in [5.74, 6) is 0. The Hall–Kier alpha value is 0.760. The third-order valence-corrected chi connectivity index (χ3v) is 1.000. The molecule has 0 N–H and O–H groups in total. The van der Waals surface area contributed by atoms with Crippen LogP contribution in [0.25, 0.3) is 0 Å². The van der Waals surface area contributed by atoms with Gasteiger partial charge in [-0.25, -0.2) is 0 Å². The first-order chi connectivity index (χ1) is 3.83.